The van der Waals surface area contributed by atoms with Crippen LogP contribution in [-0.4, -0.2) is 14.8 Å². The molecule has 0 bridgehead atoms. The molecule has 0 saturated carbocycles. The highest BCUT2D eigenvalue weighted by atomic mass is 35.5. The number of thioether (sulfide) groups is 1. The lowest BCUT2D eigenvalue weighted by Crippen LogP contribution is -2.00. The zero-order valence-electron chi connectivity index (χ0n) is 10.4. The maximum atomic E-state index is 5.99. The summed E-state index contributed by atoms with van der Waals surface area (Å²) >= 11 is 13.5. The van der Waals surface area contributed by atoms with Crippen LogP contribution in [0.15, 0.2) is 36.0 Å². The van der Waals surface area contributed by atoms with Gasteiger partial charge >= 0.3 is 0 Å². The highest BCUT2D eigenvalue weighted by Gasteiger charge is 2.08. The molecule has 2 aromatic rings. The fraction of sp³-hybridized carbons (Fsp3) is 0.231. The Kier molecular flexibility index (Phi) is 4.91. The quantitative estimate of drug-likeness (QED) is 0.606. The number of nitrogens with zero attached hydrogens (tertiary/aromatic N) is 3. The molecule has 3 nitrogen and oxygen atoms in total. The van der Waals surface area contributed by atoms with Gasteiger partial charge in [-0.15, -0.1) is 16.8 Å². The van der Waals surface area contributed by atoms with Crippen molar-refractivity contribution in [3.63, 3.8) is 0 Å². The standard InChI is InChI=1S/C13H13Cl2N3S/c1-3-6-18-9(2)16-17-13(18)19-8-10-4-5-11(14)12(15)7-10/h3-5,7H,1,6,8H2,2H3. The molecule has 0 unspecified atom stereocenters. The number of rotatable bonds is 5. The molecular weight excluding hydrogens is 301 g/mol. The molecule has 0 amide bonds. The molecule has 1 aromatic heterocycles. The second kappa shape index (κ2) is 6.46. The largest absolute Gasteiger partial charge is 0.302 e. The van der Waals surface area contributed by atoms with Crippen LogP contribution in [0.4, 0.5) is 0 Å². The first-order valence-corrected chi connectivity index (χ1v) is 7.43. The zero-order chi connectivity index (χ0) is 13.8. The van der Waals surface area contributed by atoms with Gasteiger partial charge < -0.3 is 4.57 Å². The Bertz CT molecular complexity index is 596. The molecular formula is C13H13Cl2N3S. The summed E-state index contributed by atoms with van der Waals surface area (Å²) in [5, 5.41) is 10.3. The van der Waals surface area contributed by atoms with E-state index in [1.807, 2.05) is 29.7 Å². The van der Waals surface area contributed by atoms with Gasteiger partial charge in [-0.1, -0.05) is 47.1 Å². The third-order valence-corrected chi connectivity index (χ3v) is 4.34. The second-order valence-corrected chi connectivity index (χ2v) is 5.72. The fourth-order valence-corrected chi connectivity index (χ4v) is 2.84. The van der Waals surface area contributed by atoms with Crippen LogP contribution in [0.2, 0.25) is 10.0 Å². The number of aryl methyl sites for hydroxylation is 1. The van der Waals surface area contributed by atoms with Gasteiger partial charge in [0.1, 0.15) is 5.82 Å². The van der Waals surface area contributed by atoms with E-state index in [0.717, 1.165) is 22.3 Å². The molecule has 6 heteroatoms. The Hall–Kier alpha value is -0.970. The van der Waals surface area contributed by atoms with Gasteiger partial charge in [0.25, 0.3) is 0 Å². The molecule has 0 aliphatic heterocycles. The van der Waals surface area contributed by atoms with Gasteiger partial charge in [-0.25, -0.2) is 0 Å². The number of hydrogen-bond donors (Lipinski definition) is 0. The SMILES string of the molecule is C=CCn1c(C)nnc1SCc1ccc(Cl)c(Cl)c1. The molecule has 1 aromatic carbocycles. The maximum Gasteiger partial charge on any atom is 0.191 e. The number of hydrogen-bond acceptors (Lipinski definition) is 3. The Morgan fingerprint density at radius 2 is 2.11 bits per heavy atom. The molecule has 2 rings (SSSR count). The van der Waals surface area contributed by atoms with E-state index >= 15 is 0 Å². The summed E-state index contributed by atoms with van der Waals surface area (Å²) in [4.78, 5) is 0. The van der Waals surface area contributed by atoms with Crippen LogP contribution in [-0.2, 0) is 12.3 Å². The van der Waals surface area contributed by atoms with Crippen LogP contribution in [0.25, 0.3) is 0 Å². The highest BCUT2D eigenvalue weighted by molar-refractivity contribution is 7.98. The monoisotopic (exact) mass is 313 g/mol. The minimum Gasteiger partial charge on any atom is -0.302 e. The maximum absolute atomic E-state index is 5.99. The molecule has 0 N–H and O–H groups in total. The van der Waals surface area contributed by atoms with E-state index in [1.165, 1.54) is 0 Å². The summed E-state index contributed by atoms with van der Waals surface area (Å²) in [6, 6.07) is 5.64. The van der Waals surface area contributed by atoms with Crippen LogP contribution in [0.1, 0.15) is 11.4 Å². The lowest BCUT2D eigenvalue weighted by atomic mass is 10.2. The number of halogens is 2. The van der Waals surface area contributed by atoms with Gasteiger partial charge in [-0.3, -0.25) is 0 Å². The van der Waals surface area contributed by atoms with E-state index in [2.05, 4.69) is 16.8 Å². The van der Waals surface area contributed by atoms with Crippen molar-refractivity contribution in [2.45, 2.75) is 24.4 Å². The molecule has 19 heavy (non-hydrogen) atoms. The third-order valence-electron chi connectivity index (χ3n) is 2.57. The van der Waals surface area contributed by atoms with Gasteiger partial charge in [0.15, 0.2) is 5.16 Å². The van der Waals surface area contributed by atoms with E-state index in [9.17, 15) is 0 Å². The molecule has 1 heterocycles. The summed E-state index contributed by atoms with van der Waals surface area (Å²) in [6.45, 7) is 6.38. The van der Waals surface area contributed by atoms with Crippen molar-refractivity contribution >= 4 is 35.0 Å². The summed E-state index contributed by atoms with van der Waals surface area (Å²) in [7, 11) is 0. The fourth-order valence-electron chi connectivity index (χ4n) is 1.58. The first kappa shape index (κ1) is 14.4. The van der Waals surface area contributed by atoms with Gasteiger partial charge in [-0.2, -0.15) is 0 Å². The Labute approximate surface area is 126 Å². The van der Waals surface area contributed by atoms with E-state index in [0.29, 0.717) is 16.6 Å². The lowest BCUT2D eigenvalue weighted by molar-refractivity contribution is 0.703. The molecule has 0 aliphatic rings. The minimum absolute atomic E-state index is 0.570. The average molecular weight is 314 g/mol. The van der Waals surface area contributed by atoms with Gasteiger partial charge in [0.2, 0.25) is 0 Å². The van der Waals surface area contributed by atoms with Gasteiger partial charge in [0, 0.05) is 12.3 Å². The van der Waals surface area contributed by atoms with Crippen LogP contribution in [0.5, 0.6) is 0 Å². The Morgan fingerprint density at radius 1 is 1.32 bits per heavy atom. The van der Waals surface area contributed by atoms with E-state index in [-0.39, 0.29) is 0 Å². The molecule has 0 spiro atoms. The van der Waals surface area contributed by atoms with Crippen LogP contribution < -0.4 is 0 Å². The van der Waals surface area contributed by atoms with Crippen LogP contribution in [0, 0.1) is 6.92 Å². The molecule has 100 valence electrons. The molecule has 0 saturated heterocycles. The predicted molar refractivity (Wildman–Crippen MR) is 81.0 cm³/mol. The summed E-state index contributed by atoms with van der Waals surface area (Å²) < 4.78 is 2.02. The second-order valence-electron chi connectivity index (χ2n) is 3.97. The first-order chi connectivity index (χ1) is 9.11. The zero-order valence-corrected chi connectivity index (χ0v) is 12.8. The Morgan fingerprint density at radius 3 is 2.79 bits per heavy atom. The van der Waals surface area contributed by atoms with Crippen molar-refractivity contribution in [2.75, 3.05) is 0 Å². The van der Waals surface area contributed by atoms with Gasteiger partial charge in [0.05, 0.1) is 10.0 Å². The summed E-state index contributed by atoms with van der Waals surface area (Å²) in [6.07, 6.45) is 1.83. The predicted octanol–water partition coefficient (Wildman–Crippen LogP) is 4.37. The number of allylic oxidation sites excluding steroid dienone is 1. The van der Waals surface area contributed by atoms with Crippen LogP contribution in [0.3, 0.4) is 0 Å². The molecule has 0 radical (unpaired) electrons. The van der Waals surface area contributed by atoms with Gasteiger partial charge in [-0.05, 0) is 24.6 Å². The normalized spacial score (nSPS) is 10.7. The topological polar surface area (TPSA) is 30.7 Å². The first-order valence-electron chi connectivity index (χ1n) is 5.69. The lowest BCUT2D eigenvalue weighted by Gasteiger charge is -2.06. The third kappa shape index (κ3) is 3.53. The van der Waals surface area contributed by atoms with E-state index in [4.69, 9.17) is 23.2 Å². The molecule has 0 atom stereocenters. The van der Waals surface area contributed by atoms with Crippen molar-refractivity contribution in [1.82, 2.24) is 14.8 Å². The molecule has 0 fully saturated rings. The van der Waals surface area contributed by atoms with E-state index in [1.54, 1.807) is 17.8 Å². The van der Waals surface area contributed by atoms with Crippen molar-refractivity contribution < 1.29 is 0 Å². The number of aromatic nitrogens is 3. The van der Waals surface area contributed by atoms with Crippen molar-refractivity contribution in [3.05, 3.63) is 52.3 Å². The van der Waals surface area contributed by atoms with Crippen LogP contribution >= 0.6 is 35.0 Å². The molecule has 0 aliphatic carbocycles. The van der Waals surface area contributed by atoms with Crippen molar-refractivity contribution in [1.29, 1.82) is 0 Å². The smallest absolute Gasteiger partial charge is 0.191 e. The van der Waals surface area contributed by atoms with Crippen molar-refractivity contribution in [3.8, 4) is 0 Å². The minimum atomic E-state index is 0.570. The van der Waals surface area contributed by atoms with Crippen molar-refractivity contribution in [2.24, 2.45) is 0 Å². The highest BCUT2D eigenvalue weighted by Crippen LogP contribution is 2.27. The Balaban J connectivity index is 2.09. The number of benzene rings is 1. The summed E-state index contributed by atoms with van der Waals surface area (Å²) in [5.41, 5.74) is 1.10. The van der Waals surface area contributed by atoms with E-state index < -0.39 is 0 Å². The average Bonchev–Trinajstić information content (AvgIpc) is 2.73. The summed E-state index contributed by atoms with van der Waals surface area (Å²) in [5.74, 6) is 1.66.